The van der Waals surface area contributed by atoms with Crippen LogP contribution in [-0.4, -0.2) is 53.4 Å². The molecular formula is C18H22N2O4S. The van der Waals surface area contributed by atoms with E-state index in [0.29, 0.717) is 25.9 Å². The third kappa shape index (κ3) is 2.74. The number of likely N-dealkylation sites (tertiary alicyclic amines) is 1. The first kappa shape index (κ1) is 16.6. The number of piperidine rings is 1. The fourth-order valence-electron chi connectivity index (χ4n) is 4.44. The van der Waals surface area contributed by atoms with Gasteiger partial charge in [-0.3, -0.25) is 9.59 Å². The van der Waals surface area contributed by atoms with Crippen LogP contribution in [-0.2, 0) is 19.7 Å². The van der Waals surface area contributed by atoms with Crippen molar-refractivity contribution in [2.75, 3.05) is 19.7 Å². The molecule has 2 saturated heterocycles. The number of carbonyl (C=O) groups excluding carboxylic acids is 3. The Hall–Kier alpha value is -1.89. The van der Waals surface area contributed by atoms with Crippen molar-refractivity contribution in [1.29, 1.82) is 0 Å². The Balaban J connectivity index is 1.46. The summed E-state index contributed by atoms with van der Waals surface area (Å²) in [6.07, 6.45) is 4.75. The van der Waals surface area contributed by atoms with E-state index in [2.05, 4.69) is 6.07 Å². The maximum Gasteiger partial charge on any atom is 0.417 e. The number of ether oxygens (including phenoxy) is 1. The molecule has 7 heteroatoms. The van der Waals surface area contributed by atoms with E-state index < -0.39 is 6.09 Å². The lowest BCUT2D eigenvalue weighted by molar-refractivity contribution is -0.139. The molecule has 2 aliphatic heterocycles. The van der Waals surface area contributed by atoms with Crippen molar-refractivity contribution in [1.82, 2.24) is 9.80 Å². The summed E-state index contributed by atoms with van der Waals surface area (Å²) in [4.78, 5) is 41.2. The first-order valence-corrected chi connectivity index (χ1v) is 9.82. The summed E-state index contributed by atoms with van der Waals surface area (Å²) in [5.41, 5.74) is -0.358. The van der Waals surface area contributed by atoms with E-state index in [4.69, 9.17) is 4.74 Å². The summed E-state index contributed by atoms with van der Waals surface area (Å²) in [7, 11) is 0. The van der Waals surface area contributed by atoms with Gasteiger partial charge >= 0.3 is 6.09 Å². The van der Waals surface area contributed by atoms with Crippen molar-refractivity contribution in [3.63, 3.8) is 0 Å². The van der Waals surface area contributed by atoms with Crippen molar-refractivity contribution in [3.8, 4) is 0 Å². The molecular weight excluding hydrogens is 340 g/mol. The van der Waals surface area contributed by atoms with E-state index >= 15 is 0 Å². The van der Waals surface area contributed by atoms with Gasteiger partial charge in [0, 0.05) is 24.0 Å². The Morgan fingerprint density at radius 2 is 1.92 bits per heavy atom. The summed E-state index contributed by atoms with van der Waals surface area (Å²) >= 11 is 1.67. The lowest BCUT2D eigenvalue weighted by Crippen LogP contribution is -2.52. The van der Waals surface area contributed by atoms with Crippen LogP contribution >= 0.6 is 11.3 Å². The van der Waals surface area contributed by atoms with Gasteiger partial charge in [0.05, 0.1) is 5.41 Å². The fourth-order valence-corrected chi connectivity index (χ4v) is 5.42. The van der Waals surface area contributed by atoms with Crippen LogP contribution in [0.5, 0.6) is 0 Å². The zero-order valence-electron chi connectivity index (χ0n) is 14.1. The van der Waals surface area contributed by atoms with Gasteiger partial charge in [-0.1, -0.05) is 18.9 Å². The molecule has 3 amide bonds. The SMILES string of the molecule is O=C1COC(=O)N1C1CCN(C(=O)C2(c3cccs3)CCCC2)CC1. The highest BCUT2D eigenvalue weighted by Crippen LogP contribution is 2.45. The molecule has 3 aliphatic rings. The normalized spacial score (nSPS) is 24.0. The second-order valence-corrected chi connectivity index (χ2v) is 8.06. The van der Waals surface area contributed by atoms with Gasteiger partial charge in [0.25, 0.3) is 5.91 Å². The van der Waals surface area contributed by atoms with Gasteiger partial charge in [-0.15, -0.1) is 11.3 Å². The molecule has 3 fully saturated rings. The summed E-state index contributed by atoms with van der Waals surface area (Å²) < 4.78 is 4.81. The Kier molecular flexibility index (Phi) is 4.27. The molecule has 25 heavy (non-hydrogen) atoms. The van der Waals surface area contributed by atoms with Crippen LogP contribution in [0.4, 0.5) is 4.79 Å². The largest absolute Gasteiger partial charge is 0.439 e. The molecule has 6 nitrogen and oxygen atoms in total. The van der Waals surface area contributed by atoms with E-state index in [1.807, 2.05) is 16.3 Å². The second-order valence-electron chi connectivity index (χ2n) is 7.11. The fraction of sp³-hybridized carbons (Fsp3) is 0.611. The molecule has 0 atom stereocenters. The topological polar surface area (TPSA) is 66.9 Å². The Bertz CT molecular complexity index is 657. The van der Waals surface area contributed by atoms with Crippen molar-refractivity contribution in [2.45, 2.75) is 50.0 Å². The predicted molar refractivity (Wildman–Crippen MR) is 92.3 cm³/mol. The molecule has 0 bridgehead atoms. The Morgan fingerprint density at radius 1 is 1.20 bits per heavy atom. The molecule has 0 N–H and O–H groups in total. The summed E-state index contributed by atoms with van der Waals surface area (Å²) in [6.45, 7) is 1.03. The maximum absolute atomic E-state index is 13.3. The van der Waals surface area contributed by atoms with Gasteiger partial charge in [0.2, 0.25) is 5.91 Å². The zero-order chi connectivity index (χ0) is 17.4. The van der Waals surface area contributed by atoms with Gasteiger partial charge in [-0.2, -0.15) is 0 Å². The number of hydrogen-bond acceptors (Lipinski definition) is 5. The average Bonchev–Trinajstić information content (AvgIpc) is 3.36. The number of carbonyl (C=O) groups is 3. The molecule has 0 unspecified atom stereocenters. The third-order valence-electron chi connectivity index (χ3n) is 5.76. The Labute approximate surface area is 150 Å². The monoisotopic (exact) mass is 362 g/mol. The number of nitrogens with zero attached hydrogens (tertiary/aromatic N) is 2. The van der Waals surface area contributed by atoms with Crippen LogP contribution in [0.1, 0.15) is 43.4 Å². The number of rotatable bonds is 3. The minimum atomic E-state index is -0.541. The van der Waals surface area contributed by atoms with Crippen molar-refractivity contribution < 1.29 is 19.1 Å². The average molecular weight is 362 g/mol. The zero-order valence-corrected chi connectivity index (χ0v) is 14.9. The number of thiophene rings is 1. The first-order valence-electron chi connectivity index (χ1n) is 8.94. The molecule has 0 radical (unpaired) electrons. The molecule has 1 aromatic rings. The minimum absolute atomic E-state index is 0.146. The quantitative estimate of drug-likeness (QED) is 0.829. The van der Waals surface area contributed by atoms with Crippen LogP contribution in [0, 0.1) is 0 Å². The number of hydrogen-bond donors (Lipinski definition) is 0. The predicted octanol–water partition coefficient (Wildman–Crippen LogP) is 2.53. The molecule has 0 aromatic carbocycles. The van der Waals surface area contributed by atoms with E-state index in [1.54, 1.807) is 11.3 Å². The number of amides is 3. The Morgan fingerprint density at radius 3 is 2.48 bits per heavy atom. The van der Waals surface area contributed by atoms with Gasteiger partial charge in [0.1, 0.15) is 0 Å². The van der Waals surface area contributed by atoms with Gasteiger partial charge in [0.15, 0.2) is 6.61 Å². The lowest BCUT2D eigenvalue weighted by atomic mass is 9.82. The highest BCUT2D eigenvalue weighted by Gasteiger charge is 2.47. The van der Waals surface area contributed by atoms with Crippen molar-refractivity contribution >= 4 is 29.2 Å². The van der Waals surface area contributed by atoms with Crippen LogP contribution in [0.15, 0.2) is 17.5 Å². The van der Waals surface area contributed by atoms with Gasteiger partial charge in [-0.05, 0) is 37.1 Å². The van der Waals surface area contributed by atoms with Gasteiger partial charge in [-0.25, -0.2) is 9.69 Å². The minimum Gasteiger partial charge on any atom is -0.439 e. The second kappa shape index (κ2) is 6.44. The molecule has 1 aromatic heterocycles. The first-order chi connectivity index (χ1) is 12.1. The smallest absolute Gasteiger partial charge is 0.417 e. The number of imide groups is 1. The van der Waals surface area contributed by atoms with Crippen LogP contribution < -0.4 is 0 Å². The molecule has 1 aliphatic carbocycles. The molecule has 4 rings (SSSR count). The highest BCUT2D eigenvalue weighted by atomic mass is 32.1. The summed E-state index contributed by atoms with van der Waals surface area (Å²) in [5, 5.41) is 2.04. The van der Waals surface area contributed by atoms with E-state index in [1.165, 1.54) is 9.78 Å². The molecule has 3 heterocycles. The molecule has 134 valence electrons. The summed E-state index contributed by atoms with van der Waals surface area (Å²) in [5.74, 6) is -0.0400. The van der Waals surface area contributed by atoms with Crippen molar-refractivity contribution in [2.24, 2.45) is 0 Å². The summed E-state index contributed by atoms with van der Waals surface area (Å²) in [6, 6.07) is 3.96. The van der Waals surface area contributed by atoms with E-state index in [0.717, 1.165) is 25.7 Å². The van der Waals surface area contributed by atoms with Crippen LogP contribution in [0.3, 0.4) is 0 Å². The lowest BCUT2D eigenvalue weighted by Gasteiger charge is -2.39. The van der Waals surface area contributed by atoms with Gasteiger partial charge < -0.3 is 9.64 Å². The van der Waals surface area contributed by atoms with Crippen LogP contribution in [0.2, 0.25) is 0 Å². The molecule has 1 saturated carbocycles. The van der Waals surface area contributed by atoms with E-state index in [-0.39, 0.29) is 29.9 Å². The third-order valence-corrected chi connectivity index (χ3v) is 6.83. The molecule has 0 spiro atoms. The maximum atomic E-state index is 13.3. The highest BCUT2D eigenvalue weighted by molar-refractivity contribution is 7.10. The van der Waals surface area contributed by atoms with Crippen molar-refractivity contribution in [3.05, 3.63) is 22.4 Å². The standard InChI is InChI=1S/C18H22N2O4S/c21-15-12-24-17(23)20(15)13-5-9-19(10-6-13)16(22)18(7-1-2-8-18)14-4-3-11-25-14/h3-4,11,13H,1-2,5-10,12H2. The van der Waals surface area contributed by atoms with Crippen LogP contribution in [0.25, 0.3) is 0 Å². The number of cyclic esters (lactones) is 1. The van der Waals surface area contributed by atoms with E-state index in [9.17, 15) is 14.4 Å².